The Hall–Kier alpha value is -2.72. The van der Waals surface area contributed by atoms with Crippen LogP contribution in [0, 0.1) is 11.3 Å². The van der Waals surface area contributed by atoms with Crippen molar-refractivity contribution in [2.75, 3.05) is 18.9 Å². The first kappa shape index (κ1) is 22.6. The summed E-state index contributed by atoms with van der Waals surface area (Å²) in [7, 11) is 0. The summed E-state index contributed by atoms with van der Waals surface area (Å²) >= 11 is 1.39. The zero-order valence-electron chi connectivity index (χ0n) is 17.2. The van der Waals surface area contributed by atoms with E-state index in [1.165, 1.54) is 16.7 Å². The highest BCUT2D eigenvalue weighted by molar-refractivity contribution is 8.03. The summed E-state index contributed by atoms with van der Waals surface area (Å²) in [5.74, 6) is 0.0529. The summed E-state index contributed by atoms with van der Waals surface area (Å²) < 4.78 is 5.05. The Bertz CT molecular complexity index is 874. The van der Waals surface area contributed by atoms with Crippen molar-refractivity contribution in [1.82, 2.24) is 4.90 Å². The fraction of sp³-hybridized carbons (Fsp3) is 0.409. The second kappa shape index (κ2) is 9.66. The van der Waals surface area contributed by atoms with Gasteiger partial charge in [-0.15, -0.1) is 11.8 Å². The van der Waals surface area contributed by atoms with Crippen LogP contribution in [-0.4, -0.2) is 41.0 Å². The molecule has 1 aliphatic rings. The lowest BCUT2D eigenvalue weighted by atomic mass is 9.86. The lowest BCUT2D eigenvalue weighted by Gasteiger charge is -2.27. The molecule has 0 aromatic heterocycles. The molecule has 6 nitrogen and oxygen atoms in total. The van der Waals surface area contributed by atoms with Gasteiger partial charge in [-0.1, -0.05) is 45.0 Å². The molecule has 0 aliphatic carbocycles. The van der Waals surface area contributed by atoms with Crippen LogP contribution in [-0.2, 0) is 14.9 Å². The number of carboxylic acid groups (broad SMARTS) is 1. The van der Waals surface area contributed by atoms with Crippen molar-refractivity contribution in [2.45, 2.75) is 39.5 Å². The lowest BCUT2D eigenvalue weighted by Crippen LogP contribution is -2.32. The molecule has 7 heteroatoms. The molecule has 1 amide bonds. The molecule has 0 atom stereocenters. The quantitative estimate of drug-likeness (QED) is 0.433. The molecule has 0 spiro atoms. The first-order valence-corrected chi connectivity index (χ1v) is 10.4. The Morgan fingerprint density at radius 3 is 2.48 bits per heavy atom. The van der Waals surface area contributed by atoms with Crippen molar-refractivity contribution in [1.29, 1.82) is 5.26 Å². The zero-order chi connectivity index (χ0) is 21.6. The maximum atomic E-state index is 12.4. The van der Waals surface area contributed by atoms with E-state index >= 15 is 0 Å². The van der Waals surface area contributed by atoms with Crippen molar-refractivity contribution in [2.24, 2.45) is 0 Å². The van der Waals surface area contributed by atoms with Crippen molar-refractivity contribution in [3.05, 3.63) is 52.1 Å². The highest BCUT2D eigenvalue weighted by Crippen LogP contribution is 2.33. The van der Waals surface area contributed by atoms with Crippen LogP contribution < -0.4 is 0 Å². The van der Waals surface area contributed by atoms with Gasteiger partial charge in [-0.3, -0.25) is 4.90 Å². The molecule has 0 radical (unpaired) electrons. The number of ether oxygens (including phenoxy) is 1. The van der Waals surface area contributed by atoms with Gasteiger partial charge in [0.2, 0.25) is 0 Å². The normalized spacial score (nSPS) is 16.8. The van der Waals surface area contributed by atoms with Gasteiger partial charge in [-0.05, 0) is 36.0 Å². The summed E-state index contributed by atoms with van der Waals surface area (Å²) in [4.78, 5) is 25.3. The topological polar surface area (TPSA) is 90.6 Å². The Balaban J connectivity index is 2.63. The van der Waals surface area contributed by atoms with Gasteiger partial charge < -0.3 is 9.84 Å². The van der Waals surface area contributed by atoms with Gasteiger partial charge in [-0.2, -0.15) is 5.26 Å². The van der Waals surface area contributed by atoms with Crippen LogP contribution in [0.3, 0.4) is 0 Å². The third-order valence-corrected chi connectivity index (χ3v) is 5.59. The number of allylic oxidation sites excluding steroid dienone is 2. The van der Waals surface area contributed by atoms with E-state index in [0.717, 1.165) is 17.7 Å². The molecule has 1 fully saturated rings. The van der Waals surface area contributed by atoms with Gasteiger partial charge in [0, 0.05) is 17.9 Å². The van der Waals surface area contributed by atoms with Gasteiger partial charge in [0.15, 0.2) is 0 Å². The van der Waals surface area contributed by atoms with E-state index in [9.17, 15) is 20.0 Å². The van der Waals surface area contributed by atoms with E-state index < -0.39 is 12.1 Å². The summed E-state index contributed by atoms with van der Waals surface area (Å²) in [5.41, 5.74) is 1.95. The molecule has 1 saturated heterocycles. The molecule has 2 rings (SSSR count). The molecule has 0 bridgehead atoms. The molecule has 154 valence electrons. The fourth-order valence-electron chi connectivity index (χ4n) is 2.89. The number of benzene rings is 1. The molecule has 29 heavy (non-hydrogen) atoms. The predicted octanol–water partition coefficient (Wildman–Crippen LogP) is 4.78. The molecule has 1 aromatic rings. The Morgan fingerprint density at radius 2 is 1.97 bits per heavy atom. The van der Waals surface area contributed by atoms with Crippen LogP contribution in [0.15, 0.2) is 40.9 Å². The van der Waals surface area contributed by atoms with Gasteiger partial charge in [0.25, 0.3) is 0 Å². The maximum Gasteiger partial charge on any atom is 0.412 e. The van der Waals surface area contributed by atoms with Crippen LogP contribution >= 0.6 is 11.8 Å². The van der Waals surface area contributed by atoms with Gasteiger partial charge >= 0.3 is 12.1 Å². The minimum Gasteiger partial charge on any atom is -0.465 e. The van der Waals surface area contributed by atoms with Crippen molar-refractivity contribution >= 4 is 29.4 Å². The van der Waals surface area contributed by atoms with Crippen molar-refractivity contribution in [3.63, 3.8) is 0 Å². The monoisotopic (exact) mass is 414 g/mol. The van der Waals surface area contributed by atoms with Crippen LogP contribution in [0.2, 0.25) is 0 Å². The molecule has 0 saturated carbocycles. The van der Waals surface area contributed by atoms with Crippen LogP contribution in [0.1, 0.15) is 45.2 Å². The van der Waals surface area contributed by atoms with E-state index in [1.54, 1.807) is 13.0 Å². The number of thioether (sulfide) groups is 1. The number of nitriles is 1. The summed E-state index contributed by atoms with van der Waals surface area (Å²) in [6, 6.07) is 9.56. The second-order valence-electron chi connectivity index (χ2n) is 7.57. The Labute approximate surface area is 175 Å². The number of rotatable bonds is 4. The maximum absolute atomic E-state index is 12.4. The third kappa shape index (κ3) is 5.64. The molecule has 1 heterocycles. The zero-order valence-corrected chi connectivity index (χ0v) is 18.0. The van der Waals surface area contributed by atoms with Crippen LogP contribution in [0.25, 0.3) is 5.57 Å². The highest BCUT2D eigenvalue weighted by Gasteiger charge is 2.24. The third-order valence-electron chi connectivity index (χ3n) is 4.46. The van der Waals surface area contributed by atoms with Gasteiger partial charge in [-0.25, -0.2) is 9.59 Å². The Kier molecular flexibility index (Phi) is 7.52. The SMILES string of the molecule is CCOC(=O)/C(C#N)=C(/C=C1\SCCCN1C(=O)O)c1ccc(C(C)(C)C)cc1. The minimum absolute atomic E-state index is 0.0423. The molecular weight excluding hydrogens is 388 g/mol. The van der Waals surface area contributed by atoms with E-state index in [1.807, 2.05) is 30.3 Å². The largest absolute Gasteiger partial charge is 0.465 e. The van der Waals surface area contributed by atoms with Crippen LogP contribution in [0.5, 0.6) is 0 Å². The smallest absolute Gasteiger partial charge is 0.412 e. The molecule has 0 unspecified atom stereocenters. The van der Waals surface area contributed by atoms with Crippen LogP contribution in [0.4, 0.5) is 4.79 Å². The first-order valence-electron chi connectivity index (χ1n) is 9.46. The summed E-state index contributed by atoms with van der Waals surface area (Å²) in [6.07, 6.45) is 1.30. The Morgan fingerprint density at radius 1 is 1.31 bits per heavy atom. The summed E-state index contributed by atoms with van der Waals surface area (Å²) in [5, 5.41) is 19.7. The number of esters is 1. The standard InChI is InChI=1S/C22H26N2O4S/c1-5-28-20(25)18(14-23)17(13-19-24(21(26)27)11-6-12-29-19)15-7-9-16(10-8-15)22(2,3)4/h7-10,13H,5-6,11-12H2,1-4H3,(H,26,27)/b18-17-,19-13-. The fourth-order valence-corrected chi connectivity index (χ4v) is 3.90. The molecule has 1 aromatic carbocycles. The second-order valence-corrected chi connectivity index (χ2v) is 8.68. The number of carbonyl (C=O) groups excluding carboxylic acids is 1. The number of amides is 1. The van der Waals surface area contributed by atoms with Crippen molar-refractivity contribution < 1.29 is 19.4 Å². The van der Waals surface area contributed by atoms with Gasteiger partial charge in [0.05, 0.1) is 11.6 Å². The minimum atomic E-state index is -1.06. The van der Waals surface area contributed by atoms with E-state index in [4.69, 9.17) is 4.74 Å². The lowest BCUT2D eigenvalue weighted by molar-refractivity contribution is -0.137. The van der Waals surface area contributed by atoms with Crippen molar-refractivity contribution in [3.8, 4) is 6.07 Å². The van der Waals surface area contributed by atoms with E-state index in [0.29, 0.717) is 22.7 Å². The number of hydrogen-bond acceptors (Lipinski definition) is 5. The number of carbonyl (C=O) groups is 2. The molecular formula is C22H26N2O4S. The molecule has 1 N–H and O–H groups in total. The summed E-state index contributed by atoms with van der Waals surface area (Å²) in [6.45, 7) is 8.50. The number of hydrogen-bond donors (Lipinski definition) is 1. The number of nitrogens with zero attached hydrogens (tertiary/aromatic N) is 2. The predicted molar refractivity (Wildman–Crippen MR) is 114 cm³/mol. The molecule has 1 aliphatic heterocycles. The van der Waals surface area contributed by atoms with E-state index in [-0.39, 0.29) is 17.6 Å². The van der Waals surface area contributed by atoms with Gasteiger partial charge in [0.1, 0.15) is 11.6 Å². The first-order chi connectivity index (χ1) is 13.7. The van der Waals surface area contributed by atoms with E-state index in [2.05, 4.69) is 20.8 Å². The average molecular weight is 415 g/mol. The highest BCUT2D eigenvalue weighted by atomic mass is 32.2. The average Bonchev–Trinajstić information content (AvgIpc) is 2.67.